The van der Waals surface area contributed by atoms with E-state index in [0.717, 1.165) is 13.1 Å². The van der Waals surface area contributed by atoms with Crippen LogP contribution in [0.5, 0.6) is 0 Å². The van der Waals surface area contributed by atoms with Crippen LogP contribution in [-0.4, -0.2) is 36.1 Å². The van der Waals surface area contributed by atoms with E-state index in [1.54, 1.807) is 12.4 Å². The van der Waals surface area contributed by atoms with Crippen LogP contribution in [0, 0.1) is 23.3 Å². The summed E-state index contributed by atoms with van der Waals surface area (Å²) < 4.78 is 52.3. The molecule has 0 radical (unpaired) electrons. The number of hydrogen-bond donors (Lipinski definition) is 0. The summed E-state index contributed by atoms with van der Waals surface area (Å²) in [5, 5.41) is 3.59. The van der Waals surface area contributed by atoms with Crippen LogP contribution in [0.1, 0.15) is 13.8 Å². The van der Waals surface area contributed by atoms with Gasteiger partial charge in [0.15, 0.2) is 11.6 Å². The van der Waals surface area contributed by atoms with E-state index in [1.807, 2.05) is 36.9 Å². The van der Waals surface area contributed by atoms with Crippen molar-refractivity contribution in [2.75, 3.05) is 26.2 Å². The molecule has 26 heavy (non-hydrogen) atoms. The molecule has 0 spiro atoms. The zero-order valence-electron chi connectivity index (χ0n) is 14.3. The quantitative estimate of drug-likeness (QED) is 0.268. The second kappa shape index (κ2) is 15.3. The molecule has 1 heterocycles. The van der Waals surface area contributed by atoms with E-state index >= 15 is 0 Å². The molecule has 3 nitrogen and oxygen atoms in total. The van der Waals surface area contributed by atoms with Gasteiger partial charge in [0.05, 0.1) is 0 Å². The molecule has 0 unspecified atom stereocenters. The van der Waals surface area contributed by atoms with Gasteiger partial charge in [-0.05, 0) is 31.8 Å². The third-order valence-electron chi connectivity index (χ3n) is 3.24. The fourth-order valence-corrected chi connectivity index (χ4v) is 1.86. The van der Waals surface area contributed by atoms with Gasteiger partial charge in [-0.2, -0.15) is 0 Å². The standard InChI is InChI=1S/C12H15F4N2.C5H5N.HI.Pt/c1-3-18(4-2)6-5-17-12-10(15)8(13)7-9(14)11(12)16;1-2-4-6-5-3-1;;/h7H,3-6H2,1-2H3;1-5H;1H;/q-1;;;+2/p-1. The van der Waals surface area contributed by atoms with Gasteiger partial charge in [-0.15, -0.1) is 6.54 Å². The first-order chi connectivity index (χ1) is 11.5. The van der Waals surface area contributed by atoms with Crippen molar-refractivity contribution >= 4 is 5.69 Å². The molecule has 0 bridgehead atoms. The van der Waals surface area contributed by atoms with Crippen molar-refractivity contribution in [3.8, 4) is 0 Å². The van der Waals surface area contributed by atoms with Gasteiger partial charge >= 0.3 is 21.1 Å². The van der Waals surface area contributed by atoms with Crippen molar-refractivity contribution in [1.29, 1.82) is 0 Å². The second-order valence-corrected chi connectivity index (χ2v) is 4.75. The SMILES string of the molecule is CCN(CC)CC[N-]c1c(F)c(F)cc(F)c1F.[I-].[Pt+2].c1ccncc1. The minimum absolute atomic E-state index is 0. The number of aromatic nitrogens is 1. The molecule has 1 aromatic carbocycles. The maximum absolute atomic E-state index is 13.2. The van der Waals surface area contributed by atoms with Crippen molar-refractivity contribution < 1.29 is 62.6 Å². The molecule has 0 fully saturated rings. The van der Waals surface area contributed by atoms with E-state index in [-0.39, 0.29) is 57.7 Å². The molecule has 2 rings (SSSR count). The molecule has 148 valence electrons. The molecule has 2 aromatic rings. The van der Waals surface area contributed by atoms with Crippen molar-refractivity contribution in [1.82, 2.24) is 9.88 Å². The van der Waals surface area contributed by atoms with Crippen molar-refractivity contribution in [3.05, 3.63) is 65.2 Å². The van der Waals surface area contributed by atoms with Crippen LogP contribution >= 0.6 is 0 Å². The van der Waals surface area contributed by atoms with Crippen LogP contribution in [0.2, 0.25) is 0 Å². The van der Waals surface area contributed by atoms with E-state index in [2.05, 4.69) is 10.3 Å². The summed E-state index contributed by atoms with van der Waals surface area (Å²) in [6, 6.07) is 5.89. The Morgan fingerprint density at radius 3 is 1.77 bits per heavy atom. The molecular weight excluding hydrogens is 644 g/mol. The maximum atomic E-state index is 13.2. The first-order valence-corrected chi connectivity index (χ1v) is 7.59. The Bertz CT molecular complexity index is 564. The summed E-state index contributed by atoms with van der Waals surface area (Å²) in [5.74, 6) is -5.77. The van der Waals surface area contributed by atoms with Gasteiger partial charge in [0.1, 0.15) is 11.6 Å². The number of nitrogens with zero attached hydrogens (tertiary/aromatic N) is 3. The van der Waals surface area contributed by atoms with Gasteiger partial charge in [0.25, 0.3) is 0 Å². The van der Waals surface area contributed by atoms with Crippen molar-refractivity contribution in [2.45, 2.75) is 13.8 Å². The average molecular weight is 664 g/mol. The predicted octanol–water partition coefficient (Wildman–Crippen LogP) is 1.67. The minimum atomic E-state index is -1.45. The number of pyridine rings is 1. The van der Waals surface area contributed by atoms with Crippen LogP contribution in [0.3, 0.4) is 0 Å². The third-order valence-corrected chi connectivity index (χ3v) is 3.24. The molecule has 0 saturated carbocycles. The normalized spacial score (nSPS) is 9.50. The molecule has 0 aliphatic heterocycles. The van der Waals surface area contributed by atoms with E-state index in [1.165, 1.54) is 0 Å². The van der Waals surface area contributed by atoms with Gasteiger partial charge in [0.2, 0.25) is 0 Å². The molecule has 0 saturated heterocycles. The van der Waals surface area contributed by atoms with E-state index in [0.29, 0.717) is 6.54 Å². The van der Waals surface area contributed by atoms with Gasteiger partial charge in [-0.1, -0.05) is 25.6 Å². The maximum Gasteiger partial charge on any atom is 2.00 e. The average Bonchev–Trinajstić information content (AvgIpc) is 2.62. The third kappa shape index (κ3) is 9.28. The van der Waals surface area contributed by atoms with Crippen LogP contribution < -0.4 is 24.0 Å². The molecular formula is C17H20F4IN3Pt. The van der Waals surface area contributed by atoms with Crippen LogP contribution in [0.25, 0.3) is 5.32 Å². The van der Waals surface area contributed by atoms with Gasteiger partial charge in [0, 0.05) is 18.5 Å². The van der Waals surface area contributed by atoms with Gasteiger partial charge in [-0.25, -0.2) is 17.6 Å². The number of halogens is 5. The molecule has 1 aromatic heterocycles. The summed E-state index contributed by atoms with van der Waals surface area (Å²) in [5.41, 5.74) is -0.875. The fraction of sp³-hybridized carbons (Fsp3) is 0.353. The molecule has 0 amide bonds. The Hall–Kier alpha value is -0.732. The number of likely N-dealkylation sites (N-methyl/N-ethyl adjacent to an activating group) is 1. The number of rotatable bonds is 6. The summed E-state index contributed by atoms with van der Waals surface area (Å²) in [6.07, 6.45) is 3.50. The van der Waals surface area contributed by atoms with E-state index in [4.69, 9.17) is 0 Å². The van der Waals surface area contributed by atoms with E-state index in [9.17, 15) is 17.6 Å². The zero-order valence-corrected chi connectivity index (χ0v) is 18.8. The second-order valence-electron chi connectivity index (χ2n) is 4.75. The molecule has 9 heteroatoms. The Morgan fingerprint density at radius 2 is 1.42 bits per heavy atom. The molecule has 0 aliphatic carbocycles. The summed E-state index contributed by atoms with van der Waals surface area (Å²) in [6.45, 7) is 5.98. The minimum Gasteiger partial charge on any atom is -1.00 e. The Labute approximate surface area is 182 Å². The van der Waals surface area contributed by atoms with Crippen molar-refractivity contribution in [2.24, 2.45) is 0 Å². The fourth-order valence-electron chi connectivity index (χ4n) is 1.86. The number of benzene rings is 1. The monoisotopic (exact) mass is 664 g/mol. The smallest absolute Gasteiger partial charge is 1.00 e. The molecule has 0 N–H and O–H groups in total. The number of hydrogen-bond acceptors (Lipinski definition) is 2. The van der Waals surface area contributed by atoms with Gasteiger partial charge in [-0.3, -0.25) is 4.98 Å². The van der Waals surface area contributed by atoms with Crippen LogP contribution in [0.15, 0.2) is 36.7 Å². The zero-order chi connectivity index (χ0) is 17.9. The summed E-state index contributed by atoms with van der Waals surface area (Å²) >= 11 is 0. The summed E-state index contributed by atoms with van der Waals surface area (Å²) in [4.78, 5) is 5.77. The van der Waals surface area contributed by atoms with Crippen LogP contribution in [-0.2, 0) is 21.1 Å². The molecule has 0 atom stereocenters. The van der Waals surface area contributed by atoms with Gasteiger partial charge < -0.3 is 34.2 Å². The first-order valence-electron chi connectivity index (χ1n) is 7.59. The molecule has 0 aliphatic rings. The first kappa shape index (κ1) is 27.5. The largest absolute Gasteiger partial charge is 2.00 e. The summed E-state index contributed by atoms with van der Waals surface area (Å²) in [7, 11) is 0. The predicted molar refractivity (Wildman–Crippen MR) is 86.2 cm³/mol. The topological polar surface area (TPSA) is 30.2 Å². The Morgan fingerprint density at radius 1 is 0.923 bits per heavy atom. The Kier molecular flexibility index (Phi) is 16.2. The van der Waals surface area contributed by atoms with E-state index < -0.39 is 29.0 Å². The Balaban J connectivity index is 0. The van der Waals surface area contributed by atoms with Crippen LogP contribution in [0.4, 0.5) is 23.2 Å². The van der Waals surface area contributed by atoms with Crippen molar-refractivity contribution in [3.63, 3.8) is 0 Å².